The highest BCUT2D eigenvalue weighted by Crippen LogP contribution is 2.25. The lowest BCUT2D eigenvalue weighted by molar-refractivity contribution is -0.123. The van der Waals surface area contributed by atoms with Crippen LogP contribution in [0.15, 0.2) is 0 Å². The Balaban J connectivity index is 2.46. The maximum absolute atomic E-state index is 11.3. The highest BCUT2D eigenvalue weighted by Gasteiger charge is 2.30. The third kappa shape index (κ3) is 1.97. The van der Waals surface area contributed by atoms with Crippen LogP contribution < -0.4 is 11.1 Å². The van der Waals surface area contributed by atoms with Gasteiger partial charge in [0.2, 0.25) is 5.91 Å². The van der Waals surface area contributed by atoms with E-state index in [0.717, 1.165) is 25.8 Å². The summed E-state index contributed by atoms with van der Waals surface area (Å²) in [5, 5.41) is 2.86. The van der Waals surface area contributed by atoms with Crippen molar-refractivity contribution >= 4 is 5.91 Å². The Morgan fingerprint density at radius 2 is 2.50 bits per heavy atom. The van der Waals surface area contributed by atoms with Crippen molar-refractivity contribution in [3.05, 3.63) is 0 Å². The van der Waals surface area contributed by atoms with Crippen molar-refractivity contribution in [2.24, 2.45) is 17.6 Å². The molecular formula is C9H18N2O. The SMILES string of the molecule is CCC(CCN)C1CCNC1=O. The zero-order valence-corrected chi connectivity index (χ0v) is 7.68. The van der Waals surface area contributed by atoms with Crippen LogP contribution in [0.25, 0.3) is 0 Å². The van der Waals surface area contributed by atoms with E-state index in [1.807, 2.05) is 0 Å². The fraction of sp³-hybridized carbons (Fsp3) is 0.889. The Morgan fingerprint density at radius 1 is 1.75 bits per heavy atom. The summed E-state index contributed by atoms with van der Waals surface area (Å²) in [6.45, 7) is 3.68. The molecule has 3 nitrogen and oxygen atoms in total. The minimum atomic E-state index is 0.232. The van der Waals surface area contributed by atoms with E-state index in [-0.39, 0.29) is 11.8 Å². The predicted molar refractivity (Wildman–Crippen MR) is 48.6 cm³/mol. The first-order valence-electron chi connectivity index (χ1n) is 4.77. The summed E-state index contributed by atoms with van der Waals surface area (Å²) < 4.78 is 0. The number of nitrogens with one attached hydrogen (secondary N) is 1. The smallest absolute Gasteiger partial charge is 0.223 e. The van der Waals surface area contributed by atoms with E-state index < -0.39 is 0 Å². The molecule has 1 fully saturated rings. The fourth-order valence-corrected chi connectivity index (χ4v) is 1.97. The van der Waals surface area contributed by atoms with Crippen molar-refractivity contribution in [2.75, 3.05) is 13.1 Å². The van der Waals surface area contributed by atoms with E-state index >= 15 is 0 Å². The first-order chi connectivity index (χ1) is 5.79. The highest BCUT2D eigenvalue weighted by molar-refractivity contribution is 5.80. The molecule has 1 aliphatic rings. The van der Waals surface area contributed by atoms with Crippen LogP contribution in [-0.2, 0) is 4.79 Å². The molecule has 0 aromatic heterocycles. The maximum Gasteiger partial charge on any atom is 0.223 e. The second-order valence-corrected chi connectivity index (χ2v) is 3.43. The van der Waals surface area contributed by atoms with Crippen LogP contribution in [0.3, 0.4) is 0 Å². The van der Waals surface area contributed by atoms with Gasteiger partial charge in [0, 0.05) is 12.5 Å². The molecular weight excluding hydrogens is 152 g/mol. The molecule has 1 saturated heterocycles. The van der Waals surface area contributed by atoms with Crippen LogP contribution in [0.5, 0.6) is 0 Å². The first-order valence-corrected chi connectivity index (χ1v) is 4.77. The fourth-order valence-electron chi connectivity index (χ4n) is 1.97. The van der Waals surface area contributed by atoms with Crippen LogP contribution in [0.2, 0.25) is 0 Å². The third-order valence-corrected chi connectivity index (χ3v) is 2.72. The largest absolute Gasteiger partial charge is 0.356 e. The van der Waals surface area contributed by atoms with Gasteiger partial charge in [-0.2, -0.15) is 0 Å². The molecule has 0 spiro atoms. The summed E-state index contributed by atoms with van der Waals surface area (Å²) in [5.41, 5.74) is 5.49. The normalized spacial score (nSPS) is 25.5. The van der Waals surface area contributed by atoms with Gasteiger partial charge in [-0.1, -0.05) is 13.3 Å². The Morgan fingerprint density at radius 3 is 2.92 bits per heavy atom. The lowest BCUT2D eigenvalue weighted by Gasteiger charge is -2.18. The van der Waals surface area contributed by atoms with Crippen molar-refractivity contribution in [1.29, 1.82) is 0 Å². The number of nitrogens with two attached hydrogens (primary N) is 1. The molecule has 3 N–H and O–H groups in total. The number of hydrogen-bond acceptors (Lipinski definition) is 2. The van der Waals surface area contributed by atoms with E-state index in [4.69, 9.17) is 5.73 Å². The van der Waals surface area contributed by atoms with Crippen molar-refractivity contribution < 1.29 is 4.79 Å². The van der Waals surface area contributed by atoms with E-state index in [1.165, 1.54) is 0 Å². The van der Waals surface area contributed by atoms with E-state index in [1.54, 1.807) is 0 Å². The predicted octanol–water partition coefficient (Wildman–Crippen LogP) is 0.497. The average Bonchev–Trinajstić information content (AvgIpc) is 2.47. The van der Waals surface area contributed by atoms with Gasteiger partial charge in [-0.15, -0.1) is 0 Å². The number of hydrogen-bond donors (Lipinski definition) is 2. The van der Waals surface area contributed by atoms with E-state index in [9.17, 15) is 4.79 Å². The van der Waals surface area contributed by atoms with Crippen LogP contribution in [0, 0.1) is 11.8 Å². The molecule has 1 amide bonds. The van der Waals surface area contributed by atoms with E-state index in [0.29, 0.717) is 12.5 Å². The molecule has 3 heteroatoms. The standard InChI is InChI=1S/C9H18N2O/c1-2-7(3-5-10)8-4-6-11-9(8)12/h7-8H,2-6,10H2,1H3,(H,11,12). The molecule has 1 heterocycles. The zero-order chi connectivity index (χ0) is 8.97. The third-order valence-electron chi connectivity index (χ3n) is 2.72. The zero-order valence-electron chi connectivity index (χ0n) is 7.68. The Bertz CT molecular complexity index is 159. The molecule has 0 bridgehead atoms. The van der Waals surface area contributed by atoms with E-state index in [2.05, 4.69) is 12.2 Å². The minimum absolute atomic E-state index is 0.232. The molecule has 0 aromatic carbocycles. The van der Waals surface area contributed by atoms with Crippen LogP contribution in [-0.4, -0.2) is 19.0 Å². The summed E-state index contributed by atoms with van der Waals surface area (Å²) >= 11 is 0. The molecule has 70 valence electrons. The monoisotopic (exact) mass is 170 g/mol. The van der Waals surface area contributed by atoms with Gasteiger partial charge in [0.25, 0.3) is 0 Å². The summed E-state index contributed by atoms with van der Waals surface area (Å²) in [7, 11) is 0. The van der Waals surface area contributed by atoms with Gasteiger partial charge in [-0.05, 0) is 25.3 Å². The van der Waals surface area contributed by atoms with Gasteiger partial charge < -0.3 is 11.1 Å². The summed E-state index contributed by atoms with van der Waals surface area (Å²) in [6.07, 6.45) is 3.04. The molecule has 12 heavy (non-hydrogen) atoms. The first kappa shape index (κ1) is 9.52. The number of rotatable bonds is 4. The van der Waals surface area contributed by atoms with Crippen LogP contribution in [0.1, 0.15) is 26.2 Å². The molecule has 1 rings (SSSR count). The van der Waals surface area contributed by atoms with Crippen molar-refractivity contribution in [2.45, 2.75) is 26.2 Å². The molecule has 0 aromatic rings. The number of amides is 1. The van der Waals surface area contributed by atoms with Gasteiger partial charge >= 0.3 is 0 Å². The minimum Gasteiger partial charge on any atom is -0.356 e. The molecule has 1 aliphatic heterocycles. The van der Waals surface area contributed by atoms with Gasteiger partial charge in [0.05, 0.1) is 0 Å². The maximum atomic E-state index is 11.3. The quantitative estimate of drug-likeness (QED) is 0.645. The Labute approximate surface area is 73.7 Å². The second kappa shape index (κ2) is 4.45. The average molecular weight is 170 g/mol. The lowest BCUT2D eigenvalue weighted by atomic mass is 9.86. The summed E-state index contributed by atoms with van der Waals surface area (Å²) in [5.74, 6) is 0.964. The Kier molecular flexibility index (Phi) is 3.53. The number of carbonyl (C=O) groups excluding carboxylic acids is 1. The van der Waals surface area contributed by atoms with Gasteiger partial charge in [0.1, 0.15) is 0 Å². The highest BCUT2D eigenvalue weighted by atomic mass is 16.2. The molecule has 2 unspecified atom stereocenters. The molecule has 0 radical (unpaired) electrons. The number of carbonyl (C=O) groups is 1. The van der Waals surface area contributed by atoms with Crippen LogP contribution in [0.4, 0.5) is 0 Å². The Hall–Kier alpha value is -0.570. The van der Waals surface area contributed by atoms with Crippen LogP contribution >= 0.6 is 0 Å². The lowest BCUT2D eigenvalue weighted by Crippen LogP contribution is -2.26. The van der Waals surface area contributed by atoms with Gasteiger partial charge in [-0.25, -0.2) is 0 Å². The summed E-state index contributed by atoms with van der Waals surface area (Å²) in [4.78, 5) is 11.3. The molecule has 0 saturated carbocycles. The summed E-state index contributed by atoms with van der Waals surface area (Å²) in [6, 6.07) is 0. The van der Waals surface area contributed by atoms with Crippen molar-refractivity contribution in [1.82, 2.24) is 5.32 Å². The molecule has 0 aliphatic carbocycles. The topological polar surface area (TPSA) is 55.1 Å². The van der Waals surface area contributed by atoms with Crippen molar-refractivity contribution in [3.8, 4) is 0 Å². The molecule has 2 atom stereocenters. The second-order valence-electron chi connectivity index (χ2n) is 3.43. The van der Waals surface area contributed by atoms with Gasteiger partial charge in [0.15, 0.2) is 0 Å². The van der Waals surface area contributed by atoms with Gasteiger partial charge in [-0.3, -0.25) is 4.79 Å². The van der Waals surface area contributed by atoms with Crippen molar-refractivity contribution in [3.63, 3.8) is 0 Å².